The van der Waals surface area contributed by atoms with Gasteiger partial charge in [0.05, 0.1) is 0 Å². The molecule has 1 saturated heterocycles. The van der Waals surface area contributed by atoms with Crippen molar-refractivity contribution in [2.75, 3.05) is 11.4 Å². The average Bonchev–Trinajstić information content (AvgIpc) is 3.15. The number of hydrogen-bond donors (Lipinski definition) is 1. The van der Waals surface area contributed by atoms with Crippen molar-refractivity contribution in [3.63, 3.8) is 0 Å². The first-order valence-corrected chi connectivity index (χ1v) is 8.69. The number of anilines is 1. The fourth-order valence-electron chi connectivity index (χ4n) is 3.96. The Kier molecular flexibility index (Phi) is 4.79. The third-order valence-electron chi connectivity index (χ3n) is 5.06. The zero-order valence-corrected chi connectivity index (χ0v) is 13.5. The van der Waals surface area contributed by atoms with Gasteiger partial charge in [0.1, 0.15) is 5.82 Å². The van der Waals surface area contributed by atoms with Crippen molar-refractivity contribution in [3.8, 4) is 0 Å². The van der Waals surface area contributed by atoms with E-state index in [9.17, 15) is 0 Å². The number of hydrogen-bond acceptors (Lipinski definition) is 3. The van der Waals surface area contributed by atoms with E-state index in [2.05, 4.69) is 41.2 Å². The Balaban J connectivity index is 1.71. The maximum absolute atomic E-state index is 4.67. The van der Waals surface area contributed by atoms with Crippen LogP contribution in [0, 0.1) is 5.92 Å². The van der Waals surface area contributed by atoms with E-state index in [1.807, 2.05) is 6.20 Å². The molecule has 1 N–H and O–H groups in total. The molecule has 116 valence electrons. The Hall–Kier alpha value is -1.09. The molecule has 1 aliphatic heterocycles. The van der Waals surface area contributed by atoms with Crippen molar-refractivity contribution in [3.05, 3.63) is 23.9 Å². The molecule has 3 nitrogen and oxygen atoms in total. The van der Waals surface area contributed by atoms with Gasteiger partial charge in [0.2, 0.25) is 0 Å². The van der Waals surface area contributed by atoms with E-state index < -0.39 is 0 Å². The van der Waals surface area contributed by atoms with Crippen molar-refractivity contribution < 1.29 is 0 Å². The SMILES string of the molecule is CC(C)NCc1ccnc(N2CCCC2C2CCCC2)c1. The Morgan fingerprint density at radius 3 is 2.81 bits per heavy atom. The van der Waals surface area contributed by atoms with E-state index in [0.29, 0.717) is 6.04 Å². The van der Waals surface area contributed by atoms with Crippen molar-refractivity contribution in [1.29, 1.82) is 0 Å². The molecule has 2 aliphatic rings. The fourth-order valence-corrected chi connectivity index (χ4v) is 3.96. The van der Waals surface area contributed by atoms with Crippen molar-refractivity contribution in [1.82, 2.24) is 10.3 Å². The molecule has 1 saturated carbocycles. The van der Waals surface area contributed by atoms with Crippen LogP contribution in [0.15, 0.2) is 18.3 Å². The minimum absolute atomic E-state index is 0.527. The molecule has 1 aromatic rings. The van der Waals surface area contributed by atoms with Gasteiger partial charge in [-0.2, -0.15) is 0 Å². The van der Waals surface area contributed by atoms with E-state index in [4.69, 9.17) is 0 Å². The standard InChI is InChI=1S/C18H29N3/c1-14(2)20-13-15-9-10-19-18(12-15)21-11-5-8-17(21)16-6-3-4-7-16/h9-10,12,14,16-17,20H,3-8,11,13H2,1-2H3. The Labute approximate surface area is 129 Å². The molecule has 0 spiro atoms. The van der Waals surface area contributed by atoms with Gasteiger partial charge in [-0.3, -0.25) is 0 Å². The summed E-state index contributed by atoms with van der Waals surface area (Å²) < 4.78 is 0. The van der Waals surface area contributed by atoms with Crippen LogP contribution in [0.1, 0.15) is 57.9 Å². The molecule has 2 fully saturated rings. The van der Waals surface area contributed by atoms with Gasteiger partial charge in [-0.1, -0.05) is 26.7 Å². The minimum Gasteiger partial charge on any atom is -0.353 e. The zero-order valence-electron chi connectivity index (χ0n) is 13.5. The van der Waals surface area contributed by atoms with E-state index in [1.165, 1.54) is 56.5 Å². The van der Waals surface area contributed by atoms with Crippen molar-refractivity contribution in [2.45, 2.75) is 71.0 Å². The molecular weight excluding hydrogens is 258 g/mol. The summed E-state index contributed by atoms with van der Waals surface area (Å²) >= 11 is 0. The molecular formula is C18H29N3. The summed E-state index contributed by atoms with van der Waals surface area (Å²) in [6, 6.07) is 5.70. The van der Waals surface area contributed by atoms with Crippen LogP contribution in [0.4, 0.5) is 5.82 Å². The summed E-state index contributed by atoms with van der Waals surface area (Å²) in [7, 11) is 0. The molecule has 2 heterocycles. The van der Waals surface area contributed by atoms with E-state index in [0.717, 1.165) is 18.5 Å². The highest BCUT2D eigenvalue weighted by molar-refractivity contribution is 5.43. The predicted molar refractivity (Wildman–Crippen MR) is 88.5 cm³/mol. The molecule has 0 amide bonds. The van der Waals surface area contributed by atoms with Gasteiger partial charge >= 0.3 is 0 Å². The molecule has 3 heteroatoms. The lowest BCUT2D eigenvalue weighted by atomic mass is 9.96. The molecule has 3 rings (SSSR count). The second-order valence-electron chi connectivity index (χ2n) is 7.01. The summed E-state index contributed by atoms with van der Waals surface area (Å²) in [6.07, 6.45) is 10.4. The van der Waals surface area contributed by atoms with Crippen molar-refractivity contribution >= 4 is 5.82 Å². The first-order chi connectivity index (χ1) is 10.2. The van der Waals surface area contributed by atoms with Crippen LogP contribution < -0.4 is 10.2 Å². The third kappa shape index (κ3) is 3.57. The molecule has 21 heavy (non-hydrogen) atoms. The normalized spacial score (nSPS) is 23.4. The fraction of sp³-hybridized carbons (Fsp3) is 0.722. The lowest BCUT2D eigenvalue weighted by Gasteiger charge is -2.30. The van der Waals surface area contributed by atoms with Crippen LogP contribution in [0.5, 0.6) is 0 Å². The minimum atomic E-state index is 0.527. The largest absolute Gasteiger partial charge is 0.353 e. The van der Waals surface area contributed by atoms with Crippen LogP contribution in [0.3, 0.4) is 0 Å². The van der Waals surface area contributed by atoms with E-state index in [1.54, 1.807) is 0 Å². The summed E-state index contributed by atoms with van der Waals surface area (Å²) in [5, 5.41) is 3.50. The second-order valence-corrected chi connectivity index (χ2v) is 7.01. The first-order valence-electron chi connectivity index (χ1n) is 8.69. The van der Waals surface area contributed by atoms with Crippen LogP contribution >= 0.6 is 0 Å². The summed E-state index contributed by atoms with van der Waals surface area (Å²) in [6.45, 7) is 6.52. The smallest absolute Gasteiger partial charge is 0.129 e. The number of pyridine rings is 1. The molecule has 0 aromatic carbocycles. The van der Waals surface area contributed by atoms with Gasteiger partial charge in [0, 0.05) is 31.4 Å². The number of nitrogens with one attached hydrogen (secondary N) is 1. The maximum atomic E-state index is 4.67. The van der Waals surface area contributed by atoms with E-state index >= 15 is 0 Å². The van der Waals surface area contributed by atoms with Crippen LogP contribution in [0.25, 0.3) is 0 Å². The molecule has 1 atom stereocenters. The monoisotopic (exact) mass is 287 g/mol. The molecule has 0 bridgehead atoms. The van der Waals surface area contributed by atoms with Gasteiger partial charge in [-0.15, -0.1) is 0 Å². The zero-order chi connectivity index (χ0) is 14.7. The lowest BCUT2D eigenvalue weighted by Crippen LogP contribution is -2.35. The van der Waals surface area contributed by atoms with Crippen LogP contribution in [-0.4, -0.2) is 23.6 Å². The summed E-state index contributed by atoms with van der Waals surface area (Å²) in [4.78, 5) is 7.26. The maximum Gasteiger partial charge on any atom is 0.129 e. The highest BCUT2D eigenvalue weighted by atomic mass is 15.2. The molecule has 1 aliphatic carbocycles. The summed E-state index contributed by atoms with van der Waals surface area (Å²) in [5.74, 6) is 2.11. The lowest BCUT2D eigenvalue weighted by molar-refractivity contribution is 0.429. The number of rotatable bonds is 5. The van der Waals surface area contributed by atoms with Gasteiger partial charge in [0.25, 0.3) is 0 Å². The molecule has 0 radical (unpaired) electrons. The Bertz CT molecular complexity index is 452. The van der Waals surface area contributed by atoms with Crippen molar-refractivity contribution in [2.24, 2.45) is 5.92 Å². The Morgan fingerprint density at radius 1 is 1.24 bits per heavy atom. The highest BCUT2D eigenvalue weighted by Gasteiger charge is 2.33. The first kappa shape index (κ1) is 14.8. The summed E-state index contributed by atoms with van der Waals surface area (Å²) in [5.41, 5.74) is 1.35. The number of aromatic nitrogens is 1. The third-order valence-corrected chi connectivity index (χ3v) is 5.06. The highest BCUT2D eigenvalue weighted by Crippen LogP contribution is 2.37. The van der Waals surface area contributed by atoms with Gasteiger partial charge in [-0.05, 0) is 49.3 Å². The molecule has 1 unspecified atom stereocenters. The molecule has 1 aromatic heterocycles. The van der Waals surface area contributed by atoms with Gasteiger partial charge in [0.15, 0.2) is 0 Å². The Morgan fingerprint density at radius 2 is 2.05 bits per heavy atom. The number of nitrogens with zero attached hydrogens (tertiary/aromatic N) is 2. The van der Waals surface area contributed by atoms with Gasteiger partial charge < -0.3 is 10.2 Å². The topological polar surface area (TPSA) is 28.2 Å². The predicted octanol–water partition coefficient (Wildman–Crippen LogP) is 3.74. The van der Waals surface area contributed by atoms with Crippen LogP contribution in [-0.2, 0) is 6.54 Å². The van der Waals surface area contributed by atoms with Gasteiger partial charge in [-0.25, -0.2) is 4.98 Å². The van der Waals surface area contributed by atoms with Crippen LogP contribution in [0.2, 0.25) is 0 Å². The second kappa shape index (κ2) is 6.78. The quantitative estimate of drug-likeness (QED) is 0.894. The average molecular weight is 287 g/mol. The van der Waals surface area contributed by atoms with E-state index in [-0.39, 0.29) is 0 Å².